The first-order valence-corrected chi connectivity index (χ1v) is 8.47. The van der Waals surface area contributed by atoms with Crippen LogP contribution >= 0.6 is 11.3 Å². The Hall–Kier alpha value is -2.15. The molecule has 0 aliphatic carbocycles. The molecule has 0 bridgehead atoms. The van der Waals surface area contributed by atoms with Crippen molar-refractivity contribution in [3.05, 3.63) is 41.2 Å². The van der Waals surface area contributed by atoms with Crippen LogP contribution < -0.4 is 9.80 Å². The Labute approximate surface area is 138 Å². The Morgan fingerprint density at radius 2 is 1.96 bits per heavy atom. The molecule has 23 heavy (non-hydrogen) atoms. The molecule has 1 aromatic heterocycles. The number of halogens is 1. The lowest BCUT2D eigenvalue weighted by molar-refractivity contribution is 0.201. The van der Waals surface area contributed by atoms with Gasteiger partial charge in [0.05, 0.1) is 12.2 Å². The summed E-state index contributed by atoms with van der Waals surface area (Å²) in [5.41, 5.74) is 1.15. The third-order valence-corrected chi connectivity index (χ3v) is 4.81. The molecule has 1 aliphatic rings. The number of hydrogen-bond acceptors (Lipinski definition) is 4. The molecule has 0 atom stereocenters. The van der Waals surface area contributed by atoms with Crippen LogP contribution in [0.15, 0.2) is 29.6 Å². The van der Waals surface area contributed by atoms with Crippen LogP contribution in [0.3, 0.4) is 0 Å². The van der Waals surface area contributed by atoms with Crippen molar-refractivity contribution in [2.75, 3.05) is 22.9 Å². The first-order chi connectivity index (χ1) is 11.1. The van der Waals surface area contributed by atoms with E-state index in [-0.39, 0.29) is 12.4 Å². The molecule has 1 fully saturated rings. The molecule has 0 spiro atoms. The summed E-state index contributed by atoms with van der Waals surface area (Å²) in [5, 5.41) is 12.3. The van der Waals surface area contributed by atoms with Crippen LogP contribution in [0, 0.1) is 5.82 Å². The molecule has 0 unspecified atom stereocenters. The molecule has 122 valence electrons. The number of piperidine rings is 1. The van der Waals surface area contributed by atoms with Crippen LogP contribution in [0.25, 0.3) is 0 Å². The molecule has 1 aliphatic heterocycles. The lowest BCUT2D eigenvalue weighted by Crippen LogP contribution is -2.30. The Morgan fingerprint density at radius 1 is 1.26 bits per heavy atom. The van der Waals surface area contributed by atoms with E-state index in [1.807, 2.05) is 5.38 Å². The van der Waals surface area contributed by atoms with E-state index in [1.165, 1.54) is 48.4 Å². The van der Waals surface area contributed by atoms with Crippen molar-refractivity contribution in [1.29, 1.82) is 0 Å². The number of hydrogen-bond donors (Lipinski definition) is 1. The van der Waals surface area contributed by atoms with Gasteiger partial charge in [0.25, 0.3) is 0 Å². The first kappa shape index (κ1) is 15.7. The first-order valence-electron chi connectivity index (χ1n) is 7.59. The van der Waals surface area contributed by atoms with E-state index in [9.17, 15) is 14.3 Å². The Morgan fingerprint density at radius 3 is 2.61 bits per heavy atom. The number of amides is 1. The van der Waals surface area contributed by atoms with Crippen molar-refractivity contribution < 1.29 is 14.3 Å². The van der Waals surface area contributed by atoms with Gasteiger partial charge in [0, 0.05) is 24.2 Å². The summed E-state index contributed by atoms with van der Waals surface area (Å²) >= 11 is 1.54. The number of carboxylic acid groups (broad SMARTS) is 1. The fourth-order valence-corrected chi connectivity index (χ4v) is 3.52. The van der Waals surface area contributed by atoms with E-state index in [0.29, 0.717) is 11.4 Å². The molecule has 1 saturated heterocycles. The predicted molar refractivity (Wildman–Crippen MR) is 88.8 cm³/mol. The van der Waals surface area contributed by atoms with Gasteiger partial charge < -0.3 is 10.0 Å². The molecular formula is C16H18FN3O2S. The van der Waals surface area contributed by atoms with E-state index < -0.39 is 6.09 Å². The van der Waals surface area contributed by atoms with Gasteiger partial charge in [0.2, 0.25) is 0 Å². The van der Waals surface area contributed by atoms with Crippen molar-refractivity contribution >= 4 is 28.2 Å². The molecule has 1 N–H and O–H groups in total. The average Bonchev–Trinajstić information content (AvgIpc) is 3.03. The van der Waals surface area contributed by atoms with E-state index in [2.05, 4.69) is 9.88 Å². The quantitative estimate of drug-likeness (QED) is 0.919. The van der Waals surface area contributed by atoms with Gasteiger partial charge in [-0.1, -0.05) is 0 Å². The van der Waals surface area contributed by atoms with Crippen molar-refractivity contribution in [2.45, 2.75) is 25.8 Å². The van der Waals surface area contributed by atoms with Gasteiger partial charge >= 0.3 is 6.09 Å². The molecule has 5 nitrogen and oxygen atoms in total. The van der Waals surface area contributed by atoms with Gasteiger partial charge in [-0.05, 0) is 43.5 Å². The van der Waals surface area contributed by atoms with Crippen LogP contribution in [0.5, 0.6) is 0 Å². The molecule has 1 aromatic carbocycles. The molecule has 2 aromatic rings. The lowest BCUT2D eigenvalue weighted by atomic mass is 10.1. The highest BCUT2D eigenvalue weighted by atomic mass is 32.1. The summed E-state index contributed by atoms with van der Waals surface area (Å²) in [6, 6.07) is 5.43. The standard InChI is InChI=1S/C16H18FN3O2S/c17-12-4-6-14(7-5-12)20(16(21)22)10-13-11-23-15(18-13)19-8-2-1-3-9-19/h4-7,11H,1-3,8-10H2,(H,21,22). The zero-order valence-corrected chi connectivity index (χ0v) is 13.4. The maximum atomic E-state index is 13.0. The summed E-state index contributed by atoms with van der Waals surface area (Å²) in [6.07, 6.45) is 2.52. The number of aromatic nitrogens is 1. The molecular weight excluding hydrogens is 317 g/mol. The zero-order chi connectivity index (χ0) is 16.2. The van der Waals surface area contributed by atoms with Crippen molar-refractivity contribution in [3.8, 4) is 0 Å². The number of nitrogens with zero attached hydrogens (tertiary/aromatic N) is 3. The number of carbonyl (C=O) groups is 1. The van der Waals surface area contributed by atoms with Crippen molar-refractivity contribution in [3.63, 3.8) is 0 Å². The fraction of sp³-hybridized carbons (Fsp3) is 0.375. The number of rotatable bonds is 4. The Kier molecular flexibility index (Phi) is 4.76. The minimum atomic E-state index is -1.08. The summed E-state index contributed by atoms with van der Waals surface area (Å²) in [7, 11) is 0. The van der Waals surface area contributed by atoms with E-state index >= 15 is 0 Å². The normalized spacial score (nSPS) is 14.7. The van der Waals surface area contributed by atoms with Crippen molar-refractivity contribution in [1.82, 2.24) is 4.98 Å². The van der Waals surface area contributed by atoms with Crippen LogP contribution in [0.1, 0.15) is 25.0 Å². The molecule has 3 rings (SSSR count). The molecule has 0 radical (unpaired) electrons. The molecule has 2 heterocycles. The third kappa shape index (κ3) is 3.79. The van der Waals surface area contributed by atoms with Crippen LogP contribution in [-0.4, -0.2) is 29.3 Å². The largest absolute Gasteiger partial charge is 0.465 e. The minimum Gasteiger partial charge on any atom is -0.465 e. The zero-order valence-electron chi connectivity index (χ0n) is 12.6. The van der Waals surface area contributed by atoms with E-state index in [0.717, 1.165) is 18.2 Å². The number of benzene rings is 1. The Balaban J connectivity index is 1.74. The summed E-state index contributed by atoms with van der Waals surface area (Å²) < 4.78 is 13.0. The average molecular weight is 335 g/mol. The van der Waals surface area contributed by atoms with E-state index in [4.69, 9.17) is 0 Å². The Bertz CT molecular complexity index is 668. The second kappa shape index (κ2) is 6.95. The van der Waals surface area contributed by atoms with Crippen molar-refractivity contribution in [2.24, 2.45) is 0 Å². The predicted octanol–water partition coefficient (Wildman–Crippen LogP) is 3.96. The van der Waals surface area contributed by atoms with Gasteiger partial charge in [-0.25, -0.2) is 14.2 Å². The fourth-order valence-electron chi connectivity index (χ4n) is 2.65. The van der Waals surface area contributed by atoms with Gasteiger partial charge in [-0.2, -0.15) is 0 Å². The van der Waals surface area contributed by atoms with E-state index in [1.54, 1.807) is 11.3 Å². The SMILES string of the molecule is O=C(O)N(Cc1csc(N2CCCCC2)n1)c1ccc(F)cc1. The maximum Gasteiger partial charge on any atom is 0.412 e. The highest BCUT2D eigenvalue weighted by molar-refractivity contribution is 7.13. The highest BCUT2D eigenvalue weighted by Crippen LogP contribution is 2.26. The topological polar surface area (TPSA) is 56.7 Å². The third-order valence-electron chi connectivity index (χ3n) is 3.86. The smallest absolute Gasteiger partial charge is 0.412 e. The highest BCUT2D eigenvalue weighted by Gasteiger charge is 2.19. The summed E-state index contributed by atoms with van der Waals surface area (Å²) in [5.74, 6) is -0.389. The monoisotopic (exact) mass is 335 g/mol. The van der Waals surface area contributed by atoms with Gasteiger partial charge in [-0.15, -0.1) is 11.3 Å². The summed E-state index contributed by atoms with van der Waals surface area (Å²) in [6.45, 7) is 2.17. The summed E-state index contributed by atoms with van der Waals surface area (Å²) in [4.78, 5) is 19.5. The maximum absolute atomic E-state index is 13.0. The van der Waals surface area contributed by atoms with Crippen LogP contribution in [0.2, 0.25) is 0 Å². The second-order valence-electron chi connectivity index (χ2n) is 5.51. The number of anilines is 2. The van der Waals surface area contributed by atoms with Gasteiger partial charge in [0.15, 0.2) is 5.13 Å². The molecule has 0 saturated carbocycles. The van der Waals surface area contributed by atoms with Crippen LogP contribution in [0.4, 0.5) is 20.0 Å². The van der Waals surface area contributed by atoms with Gasteiger partial charge in [-0.3, -0.25) is 4.90 Å². The molecule has 7 heteroatoms. The number of thiazole rings is 1. The minimum absolute atomic E-state index is 0.158. The lowest BCUT2D eigenvalue weighted by Gasteiger charge is -2.25. The van der Waals surface area contributed by atoms with Crippen LogP contribution in [-0.2, 0) is 6.54 Å². The second-order valence-corrected chi connectivity index (χ2v) is 6.35. The van der Waals surface area contributed by atoms with Gasteiger partial charge in [0.1, 0.15) is 5.82 Å². The molecule has 1 amide bonds.